The van der Waals surface area contributed by atoms with Crippen LogP contribution in [0.4, 0.5) is 0 Å². The first-order valence-corrected chi connectivity index (χ1v) is 9.61. The summed E-state index contributed by atoms with van der Waals surface area (Å²) in [4.78, 5) is 27.6. The van der Waals surface area contributed by atoms with Crippen molar-refractivity contribution >= 4 is 17.4 Å². The Balaban J connectivity index is 1.85. The molecule has 1 aliphatic heterocycles. The van der Waals surface area contributed by atoms with Gasteiger partial charge in [-0.15, -0.1) is 0 Å². The highest BCUT2D eigenvalue weighted by atomic mass is 16.5. The maximum absolute atomic E-state index is 13.0. The molecule has 2 aromatic rings. The molecule has 1 unspecified atom stereocenters. The van der Waals surface area contributed by atoms with Crippen LogP contribution in [0, 0.1) is 0 Å². The number of carbonyl (C=O) groups is 2. The smallest absolute Gasteiger partial charge is 0.295 e. The summed E-state index contributed by atoms with van der Waals surface area (Å²) in [6, 6.07) is 15.8. The SMILES string of the molecule is COc1ccc(/C(O)=C2/C(=O)C(=O)N(C3CCCC3)C2c2ccccc2)cc1. The number of hydrogen-bond acceptors (Lipinski definition) is 4. The number of aliphatic hydroxyl groups excluding tert-OH is 1. The van der Waals surface area contributed by atoms with Crippen molar-refractivity contribution in [3.05, 3.63) is 71.3 Å². The first-order chi connectivity index (χ1) is 13.6. The molecule has 5 heteroatoms. The number of benzene rings is 2. The maximum atomic E-state index is 13.0. The summed E-state index contributed by atoms with van der Waals surface area (Å²) >= 11 is 0. The topological polar surface area (TPSA) is 66.8 Å². The Morgan fingerprint density at radius 2 is 1.64 bits per heavy atom. The Kier molecular flexibility index (Phi) is 4.90. The van der Waals surface area contributed by atoms with Gasteiger partial charge in [-0.2, -0.15) is 0 Å². The van der Waals surface area contributed by atoms with E-state index in [1.807, 2.05) is 30.3 Å². The highest BCUT2D eigenvalue weighted by Crippen LogP contribution is 2.43. The van der Waals surface area contributed by atoms with E-state index in [1.165, 1.54) is 0 Å². The standard InChI is InChI=1S/C23H23NO4/c1-28-18-13-11-16(12-14-18)21(25)19-20(15-7-3-2-4-8-15)24(23(27)22(19)26)17-9-5-6-10-17/h2-4,7-8,11-14,17,20,25H,5-6,9-10H2,1H3/b21-19-. The predicted octanol–water partition coefficient (Wildman–Crippen LogP) is 4.06. The van der Waals surface area contributed by atoms with E-state index in [9.17, 15) is 14.7 Å². The Morgan fingerprint density at radius 1 is 1.00 bits per heavy atom. The van der Waals surface area contributed by atoms with Crippen molar-refractivity contribution < 1.29 is 19.4 Å². The van der Waals surface area contributed by atoms with Crippen LogP contribution in [0.5, 0.6) is 5.75 Å². The van der Waals surface area contributed by atoms with Crippen LogP contribution < -0.4 is 4.74 Å². The van der Waals surface area contributed by atoms with Crippen molar-refractivity contribution in [2.75, 3.05) is 7.11 Å². The van der Waals surface area contributed by atoms with Crippen LogP contribution in [0.3, 0.4) is 0 Å². The summed E-state index contributed by atoms with van der Waals surface area (Å²) in [5, 5.41) is 11.0. The maximum Gasteiger partial charge on any atom is 0.295 e. The van der Waals surface area contributed by atoms with Crippen molar-refractivity contribution in [2.24, 2.45) is 0 Å². The van der Waals surface area contributed by atoms with Crippen LogP contribution in [0.2, 0.25) is 0 Å². The molecule has 1 saturated heterocycles. The van der Waals surface area contributed by atoms with Gasteiger partial charge in [-0.05, 0) is 42.7 Å². The molecule has 28 heavy (non-hydrogen) atoms. The zero-order valence-electron chi connectivity index (χ0n) is 15.8. The molecule has 1 aliphatic carbocycles. The van der Waals surface area contributed by atoms with E-state index in [0.717, 1.165) is 31.2 Å². The second-order valence-electron chi connectivity index (χ2n) is 7.28. The van der Waals surface area contributed by atoms with Gasteiger partial charge in [0, 0.05) is 11.6 Å². The highest BCUT2D eigenvalue weighted by molar-refractivity contribution is 6.46. The summed E-state index contributed by atoms with van der Waals surface area (Å²) in [5.41, 5.74) is 1.49. The molecule has 4 rings (SSSR count). The molecule has 0 bridgehead atoms. The number of Topliss-reactive ketones (excluding diaryl/α,β-unsaturated/α-hetero) is 1. The van der Waals surface area contributed by atoms with Gasteiger partial charge in [-0.25, -0.2) is 0 Å². The van der Waals surface area contributed by atoms with Crippen LogP contribution >= 0.6 is 0 Å². The molecule has 2 aliphatic rings. The number of carbonyl (C=O) groups excluding carboxylic acids is 2. The van der Waals surface area contributed by atoms with Crippen LogP contribution in [-0.4, -0.2) is 34.8 Å². The summed E-state index contributed by atoms with van der Waals surface area (Å²) < 4.78 is 5.16. The van der Waals surface area contributed by atoms with Gasteiger partial charge in [0.2, 0.25) is 0 Å². The van der Waals surface area contributed by atoms with Crippen LogP contribution in [0.15, 0.2) is 60.2 Å². The number of hydrogen-bond donors (Lipinski definition) is 1. The average molecular weight is 377 g/mol. The fourth-order valence-corrected chi connectivity index (χ4v) is 4.28. The Morgan fingerprint density at radius 3 is 2.25 bits per heavy atom. The van der Waals surface area contributed by atoms with Gasteiger partial charge in [-0.3, -0.25) is 9.59 Å². The van der Waals surface area contributed by atoms with Crippen LogP contribution in [0.25, 0.3) is 5.76 Å². The Bertz CT molecular complexity index is 911. The van der Waals surface area contributed by atoms with Gasteiger partial charge in [0.15, 0.2) is 0 Å². The van der Waals surface area contributed by atoms with Gasteiger partial charge in [-0.1, -0.05) is 43.2 Å². The van der Waals surface area contributed by atoms with Crippen molar-refractivity contribution in [3.63, 3.8) is 0 Å². The lowest BCUT2D eigenvalue weighted by molar-refractivity contribution is -0.141. The van der Waals surface area contributed by atoms with Gasteiger partial charge < -0.3 is 14.7 Å². The molecule has 144 valence electrons. The van der Waals surface area contributed by atoms with E-state index >= 15 is 0 Å². The zero-order chi connectivity index (χ0) is 19.7. The number of amides is 1. The van der Waals surface area contributed by atoms with E-state index in [4.69, 9.17) is 4.74 Å². The summed E-state index contributed by atoms with van der Waals surface area (Å²) in [6.07, 6.45) is 3.87. The summed E-state index contributed by atoms with van der Waals surface area (Å²) in [6.45, 7) is 0. The molecule has 1 amide bonds. The molecule has 0 aromatic heterocycles. The average Bonchev–Trinajstić information content (AvgIpc) is 3.35. The number of likely N-dealkylation sites (tertiary alicyclic amines) is 1. The van der Waals surface area contributed by atoms with Gasteiger partial charge in [0.25, 0.3) is 11.7 Å². The van der Waals surface area contributed by atoms with E-state index in [0.29, 0.717) is 11.3 Å². The van der Waals surface area contributed by atoms with Gasteiger partial charge >= 0.3 is 0 Å². The van der Waals surface area contributed by atoms with Crippen molar-refractivity contribution in [3.8, 4) is 5.75 Å². The molecule has 1 atom stereocenters. The minimum atomic E-state index is -0.617. The fraction of sp³-hybridized carbons (Fsp3) is 0.304. The fourth-order valence-electron chi connectivity index (χ4n) is 4.28. The second-order valence-corrected chi connectivity index (χ2v) is 7.28. The summed E-state index contributed by atoms with van der Waals surface area (Å²) in [5.74, 6) is -0.622. The van der Waals surface area contributed by atoms with E-state index in [-0.39, 0.29) is 17.4 Å². The lowest BCUT2D eigenvalue weighted by Crippen LogP contribution is -2.37. The minimum absolute atomic E-state index is 0.0304. The number of methoxy groups -OCH3 is 1. The van der Waals surface area contributed by atoms with Gasteiger partial charge in [0.05, 0.1) is 18.7 Å². The molecule has 0 radical (unpaired) electrons. The largest absolute Gasteiger partial charge is 0.507 e. The lowest BCUT2D eigenvalue weighted by Gasteiger charge is -2.30. The van der Waals surface area contributed by atoms with E-state index in [1.54, 1.807) is 36.3 Å². The minimum Gasteiger partial charge on any atom is -0.507 e. The Hall–Kier alpha value is -3.08. The highest BCUT2D eigenvalue weighted by Gasteiger charge is 2.49. The quantitative estimate of drug-likeness (QED) is 0.496. The van der Waals surface area contributed by atoms with Crippen LogP contribution in [0.1, 0.15) is 42.9 Å². The first-order valence-electron chi connectivity index (χ1n) is 9.61. The summed E-state index contributed by atoms with van der Waals surface area (Å²) in [7, 11) is 1.57. The number of ketones is 1. The molecule has 0 spiro atoms. The molecule has 1 heterocycles. The number of aliphatic hydroxyl groups is 1. The third kappa shape index (κ3) is 3.07. The molecule has 2 aromatic carbocycles. The predicted molar refractivity (Wildman–Crippen MR) is 106 cm³/mol. The number of rotatable bonds is 4. The van der Waals surface area contributed by atoms with E-state index in [2.05, 4.69) is 0 Å². The molecule has 1 saturated carbocycles. The number of ether oxygens (including phenoxy) is 1. The third-order valence-electron chi connectivity index (χ3n) is 5.68. The van der Waals surface area contributed by atoms with Gasteiger partial charge in [0.1, 0.15) is 11.5 Å². The molecule has 2 fully saturated rings. The molecular formula is C23H23NO4. The third-order valence-corrected chi connectivity index (χ3v) is 5.68. The number of nitrogens with zero attached hydrogens (tertiary/aromatic N) is 1. The zero-order valence-corrected chi connectivity index (χ0v) is 15.8. The van der Waals surface area contributed by atoms with Crippen LogP contribution in [-0.2, 0) is 9.59 Å². The van der Waals surface area contributed by atoms with Crippen molar-refractivity contribution in [1.29, 1.82) is 0 Å². The second kappa shape index (κ2) is 7.50. The monoisotopic (exact) mass is 377 g/mol. The molecule has 1 N–H and O–H groups in total. The molecular weight excluding hydrogens is 354 g/mol. The lowest BCUT2D eigenvalue weighted by atomic mass is 9.94. The van der Waals surface area contributed by atoms with Crippen molar-refractivity contribution in [2.45, 2.75) is 37.8 Å². The molecule has 5 nitrogen and oxygen atoms in total. The van der Waals surface area contributed by atoms with E-state index < -0.39 is 17.7 Å². The normalized spacial score (nSPS) is 22.0. The Labute approximate surface area is 164 Å². The van der Waals surface area contributed by atoms with Crippen molar-refractivity contribution in [1.82, 2.24) is 4.90 Å². The first kappa shape index (κ1) is 18.3.